The molecule has 4 rings (SSSR count). The fourth-order valence-corrected chi connectivity index (χ4v) is 5.51. The van der Waals surface area contributed by atoms with E-state index in [2.05, 4.69) is 0 Å². The highest BCUT2D eigenvalue weighted by atomic mass is 32.1. The smallest absolute Gasteiger partial charge is 0.326 e. The van der Waals surface area contributed by atoms with E-state index in [1.54, 1.807) is 0 Å². The van der Waals surface area contributed by atoms with E-state index in [-0.39, 0.29) is 24.0 Å². The molecule has 152 valence electrons. The van der Waals surface area contributed by atoms with Crippen LogP contribution in [0, 0.1) is 11.8 Å². The molecule has 7 heteroatoms. The summed E-state index contributed by atoms with van der Waals surface area (Å²) in [6.45, 7) is 0. The summed E-state index contributed by atoms with van der Waals surface area (Å²) in [6, 6.07) is 9.98. The summed E-state index contributed by atoms with van der Waals surface area (Å²) in [4.78, 5) is 42.5. The Hall–Kier alpha value is -2.67. The van der Waals surface area contributed by atoms with Gasteiger partial charge in [0, 0.05) is 42.9 Å². The summed E-state index contributed by atoms with van der Waals surface area (Å²) < 4.78 is 0. The van der Waals surface area contributed by atoms with Crippen molar-refractivity contribution in [3.8, 4) is 0 Å². The van der Waals surface area contributed by atoms with Crippen molar-refractivity contribution in [1.82, 2.24) is 4.90 Å². The molecule has 1 aliphatic heterocycles. The maximum Gasteiger partial charge on any atom is 0.326 e. The summed E-state index contributed by atoms with van der Waals surface area (Å²) in [5.74, 6) is -1.97. The summed E-state index contributed by atoms with van der Waals surface area (Å²) >= 11 is 1.48. The van der Waals surface area contributed by atoms with Crippen molar-refractivity contribution in [2.24, 2.45) is 11.8 Å². The van der Waals surface area contributed by atoms with Crippen molar-refractivity contribution < 1.29 is 19.5 Å². The lowest BCUT2D eigenvalue weighted by atomic mass is 9.86. The van der Waals surface area contributed by atoms with Gasteiger partial charge in [0.25, 0.3) is 0 Å². The number of carboxylic acids is 1. The van der Waals surface area contributed by atoms with Crippen LogP contribution < -0.4 is 4.90 Å². The number of carboxylic acid groups (broad SMARTS) is 1. The minimum absolute atomic E-state index is 0.0642. The van der Waals surface area contributed by atoms with Crippen LogP contribution in [0.15, 0.2) is 41.8 Å². The molecule has 1 saturated carbocycles. The molecule has 2 aliphatic rings. The predicted octanol–water partition coefficient (Wildman–Crippen LogP) is 2.99. The van der Waals surface area contributed by atoms with E-state index in [0.29, 0.717) is 12.8 Å². The Labute approximate surface area is 173 Å². The predicted molar refractivity (Wildman–Crippen MR) is 111 cm³/mol. The molecule has 0 radical (unpaired) electrons. The number of fused-ring (bicyclic) bond motifs is 1. The van der Waals surface area contributed by atoms with Crippen molar-refractivity contribution in [2.75, 3.05) is 19.0 Å². The molecule has 2 fully saturated rings. The van der Waals surface area contributed by atoms with E-state index in [9.17, 15) is 19.5 Å². The topological polar surface area (TPSA) is 77.9 Å². The summed E-state index contributed by atoms with van der Waals surface area (Å²) in [5.41, 5.74) is 1.83. The standard InChI is InChI=1S/C22H24N2O4S/c1-23(2)14-7-5-13(6-8-14)20-19-16(9-10-17(19)25)21(22(27)28)24(20)18(26)12-15-4-3-11-29-15/h3-8,11,16,19-21H,9-10,12H2,1-2H3,(H,27,28). The fourth-order valence-electron chi connectivity index (χ4n) is 4.81. The van der Waals surface area contributed by atoms with E-state index >= 15 is 0 Å². The lowest BCUT2D eigenvalue weighted by Crippen LogP contribution is -2.45. The van der Waals surface area contributed by atoms with Gasteiger partial charge in [-0.25, -0.2) is 4.79 Å². The maximum atomic E-state index is 13.3. The molecular weight excluding hydrogens is 388 g/mol. The second-order valence-electron chi connectivity index (χ2n) is 7.97. The lowest BCUT2D eigenvalue weighted by Gasteiger charge is -2.31. The Morgan fingerprint density at radius 1 is 1.21 bits per heavy atom. The zero-order chi connectivity index (χ0) is 20.7. The van der Waals surface area contributed by atoms with Gasteiger partial charge in [0.2, 0.25) is 5.91 Å². The number of rotatable bonds is 5. The molecule has 2 aromatic rings. The Bertz CT molecular complexity index is 923. The number of aliphatic carboxylic acids is 1. The molecule has 1 saturated heterocycles. The number of hydrogen-bond acceptors (Lipinski definition) is 5. The number of benzene rings is 1. The maximum absolute atomic E-state index is 13.3. The first-order valence-electron chi connectivity index (χ1n) is 9.75. The number of anilines is 1. The van der Waals surface area contributed by atoms with Crippen LogP contribution in [0.5, 0.6) is 0 Å². The van der Waals surface area contributed by atoms with Crippen LogP contribution in [-0.2, 0) is 20.8 Å². The Kier molecular flexibility index (Phi) is 5.17. The molecule has 2 heterocycles. The Balaban J connectivity index is 1.75. The van der Waals surface area contributed by atoms with E-state index in [1.807, 2.05) is 60.8 Å². The fraction of sp³-hybridized carbons (Fsp3) is 0.409. The van der Waals surface area contributed by atoms with Crippen molar-refractivity contribution in [3.63, 3.8) is 0 Å². The van der Waals surface area contributed by atoms with Crippen LogP contribution in [-0.4, -0.2) is 47.8 Å². The monoisotopic (exact) mass is 412 g/mol. The van der Waals surface area contributed by atoms with Gasteiger partial charge < -0.3 is 14.9 Å². The van der Waals surface area contributed by atoms with Gasteiger partial charge in [-0.2, -0.15) is 0 Å². The lowest BCUT2D eigenvalue weighted by molar-refractivity contribution is -0.151. The second kappa shape index (κ2) is 7.63. The third-order valence-corrected chi connectivity index (χ3v) is 6.98. The van der Waals surface area contributed by atoms with Crippen LogP contribution in [0.2, 0.25) is 0 Å². The summed E-state index contributed by atoms with van der Waals surface area (Å²) in [7, 11) is 3.89. The number of amides is 1. The molecule has 29 heavy (non-hydrogen) atoms. The largest absolute Gasteiger partial charge is 0.480 e. The van der Waals surface area contributed by atoms with Crippen LogP contribution in [0.25, 0.3) is 0 Å². The Morgan fingerprint density at radius 3 is 2.52 bits per heavy atom. The van der Waals surface area contributed by atoms with E-state index < -0.39 is 24.0 Å². The number of nitrogens with zero attached hydrogens (tertiary/aromatic N) is 2. The number of carbonyl (C=O) groups is 3. The van der Waals surface area contributed by atoms with Crippen molar-refractivity contribution in [1.29, 1.82) is 0 Å². The SMILES string of the molecule is CN(C)c1ccc(C2C3C(=O)CCC3C(C(=O)O)N2C(=O)Cc2cccs2)cc1. The molecule has 4 atom stereocenters. The molecular formula is C22H24N2O4S. The number of thiophene rings is 1. The van der Waals surface area contributed by atoms with Gasteiger partial charge in [0.1, 0.15) is 11.8 Å². The number of hydrogen-bond donors (Lipinski definition) is 1. The molecule has 1 aromatic carbocycles. The van der Waals surface area contributed by atoms with Gasteiger partial charge in [-0.1, -0.05) is 18.2 Å². The molecule has 1 amide bonds. The molecule has 4 unspecified atom stereocenters. The number of Topliss-reactive ketones (excluding diaryl/α,β-unsaturated/α-hetero) is 1. The van der Waals surface area contributed by atoms with Crippen LogP contribution in [0.1, 0.15) is 29.3 Å². The molecule has 1 N–H and O–H groups in total. The minimum Gasteiger partial charge on any atom is -0.480 e. The average Bonchev–Trinajstić information content (AvgIpc) is 3.39. The molecule has 1 aliphatic carbocycles. The van der Waals surface area contributed by atoms with Crippen molar-refractivity contribution in [3.05, 3.63) is 52.2 Å². The summed E-state index contributed by atoms with van der Waals surface area (Å²) in [5, 5.41) is 11.9. The van der Waals surface area contributed by atoms with E-state index in [1.165, 1.54) is 16.2 Å². The highest BCUT2D eigenvalue weighted by molar-refractivity contribution is 7.10. The molecule has 0 bridgehead atoms. The molecule has 6 nitrogen and oxygen atoms in total. The molecule has 0 spiro atoms. The highest BCUT2D eigenvalue weighted by Gasteiger charge is 2.58. The normalized spacial score (nSPS) is 25.9. The first-order chi connectivity index (χ1) is 13.9. The van der Waals surface area contributed by atoms with Gasteiger partial charge in [-0.15, -0.1) is 11.3 Å². The van der Waals surface area contributed by atoms with E-state index in [0.717, 1.165) is 16.1 Å². The van der Waals surface area contributed by atoms with Crippen LogP contribution in [0.3, 0.4) is 0 Å². The van der Waals surface area contributed by atoms with Gasteiger partial charge in [0.05, 0.1) is 12.5 Å². The quantitative estimate of drug-likeness (QED) is 0.817. The van der Waals surface area contributed by atoms with Crippen LogP contribution >= 0.6 is 11.3 Å². The minimum atomic E-state index is -1.03. The second-order valence-corrected chi connectivity index (χ2v) is 9.00. The van der Waals surface area contributed by atoms with Crippen molar-refractivity contribution >= 4 is 34.7 Å². The van der Waals surface area contributed by atoms with Gasteiger partial charge in [-0.3, -0.25) is 9.59 Å². The number of carbonyl (C=O) groups excluding carboxylic acids is 2. The van der Waals surface area contributed by atoms with Gasteiger partial charge in [0.15, 0.2) is 0 Å². The van der Waals surface area contributed by atoms with Crippen LogP contribution in [0.4, 0.5) is 5.69 Å². The third-order valence-electron chi connectivity index (χ3n) is 6.10. The van der Waals surface area contributed by atoms with Gasteiger partial charge >= 0.3 is 5.97 Å². The number of likely N-dealkylation sites (tertiary alicyclic amines) is 1. The average molecular weight is 413 g/mol. The number of ketones is 1. The van der Waals surface area contributed by atoms with Gasteiger partial charge in [-0.05, 0) is 35.6 Å². The zero-order valence-electron chi connectivity index (χ0n) is 16.4. The third kappa shape index (κ3) is 3.44. The van der Waals surface area contributed by atoms with E-state index in [4.69, 9.17) is 0 Å². The molecule has 1 aromatic heterocycles. The summed E-state index contributed by atoms with van der Waals surface area (Å²) in [6.07, 6.45) is 1.06. The van der Waals surface area contributed by atoms with Crippen molar-refractivity contribution in [2.45, 2.75) is 31.3 Å². The zero-order valence-corrected chi connectivity index (χ0v) is 17.3. The Morgan fingerprint density at radius 2 is 1.93 bits per heavy atom. The first-order valence-corrected chi connectivity index (χ1v) is 10.6. The highest BCUT2D eigenvalue weighted by Crippen LogP contribution is 2.51. The first kappa shape index (κ1) is 19.6.